The molecule has 0 saturated carbocycles. The first-order valence-electron chi connectivity index (χ1n) is 10.5. The molecule has 9 heteroatoms. The summed E-state index contributed by atoms with van der Waals surface area (Å²) in [5.74, 6) is -0.141. The lowest BCUT2D eigenvalue weighted by Gasteiger charge is -2.13. The predicted octanol–water partition coefficient (Wildman–Crippen LogP) is 3.73. The number of carbonyl (C=O) groups excluding carboxylic acids is 2. The zero-order valence-corrected chi connectivity index (χ0v) is 18.4. The van der Waals surface area contributed by atoms with Gasteiger partial charge in [0.1, 0.15) is 11.6 Å². The molecule has 0 aliphatic carbocycles. The van der Waals surface area contributed by atoms with Crippen molar-refractivity contribution in [2.75, 3.05) is 25.1 Å². The zero-order chi connectivity index (χ0) is 23.6. The van der Waals surface area contributed by atoms with Gasteiger partial charge in [-0.25, -0.2) is 9.48 Å². The van der Waals surface area contributed by atoms with Crippen LogP contribution < -0.4 is 14.8 Å². The molecular formula is C24H24N4O5. The highest BCUT2D eigenvalue weighted by atomic mass is 16.5. The van der Waals surface area contributed by atoms with Gasteiger partial charge in [-0.15, -0.1) is 0 Å². The smallest absolute Gasteiger partial charge is 0.338 e. The van der Waals surface area contributed by atoms with E-state index in [4.69, 9.17) is 14.2 Å². The van der Waals surface area contributed by atoms with Crippen LogP contribution >= 0.6 is 0 Å². The van der Waals surface area contributed by atoms with Crippen LogP contribution in [-0.4, -0.2) is 41.5 Å². The van der Waals surface area contributed by atoms with Crippen molar-refractivity contribution in [3.63, 3.8) is 0 Å². The number of nitrogens with zero attached hydrogens (tertiary/aromatic N) is 3. The molecule has 33 heavy (non-hydrogen) atoms. The quantitative estimate of drug-likeness (QED) is 0.470. The molecule has 1 heterocycles. The summed E-state index contributed by atoms with van der Waals surface area (Å²) in [5, 5.41) is 16.1. The Kier molecular flexibility index (Phi) is 8.02. The van der Waals surface area contributed by atoms with E-state index >= 15 is 0 Å². The largest absolute Gasteiger partial charge is 0.490 e. The Bertz CT molecular complexity index is 1150. The third-order valence-corrected chi connectivity index (χ3v) is 4.42. The number of anilines is 1. The van der Waals surface area contributed by atoms with Crippen LogP contribution in [-0.2, 0) is 9.53 Å². The van der Waals surface area contributed by atoms with Crippen molar-refractivity contribution < 1.29 is 23.8 Å². The highest BCUT2D eigenvalue weighted by molar-refractivity contribution is 5.96. The lowest BCUT2D eigenvalue weighted by Crippen LogP contribution is -2.23. The van der Waals surface area contributed by atoms with Crippen molar-refractivity contribution in [2.24, 2.45) is 0 Å². The molecule has 9 nitrogen and oxygen atoms in total. The second kappa shape index (κ2) is 11.3. The number of carbonyl (C=O) groups is 2. The summed E-state index contributed by atoms with van der Waals surface area (Å²) in [4.78, 5) is 24.9. The standard InChI is InChI=1S/C24H24N4O5/c1-3-12-32-20-11-10-17(13-21(20)31-4-2)24(30)33-16-22(29)27-23-18(14-25)15-26-28(23)19-8-6-5-7-9-19/h5-11,13,15H,3-4,12,16H2,1-2H3,(H,27,29). The maximum Gasteiger partial charge on any atom is 0.338 e. The molecule has 0 spiro atoms. The summed E-state index contributed by atoms with van der Waals surface area (Å²) in [7, 11) is 0. The van der Waals surface area contributed by atoms with Crippen LogP contribution in [0.25, 0.3) is 5.69 Å². The van der Waals surface area contributed by atoms with Crippen molar-refractivity contribution in [2.45, 2.75) is 20.3 Å². The third-order valence-electron chi connectivity index (χ3n) is 4.42. The van der Waals surface area contributed by atoms with E-state index in [1.807, 2.05) is 38.1 Å². The van der Waals surface area contributed by atoms with Crippen molar-refractivity contribution in [1.82, 2.24) is 9.78 Å². The normalized spacial score (nSPS) is 10.2. The molecule has 1 amide bonds. The minimum Gasteiger partial charge on any atom is -0.490 e. The van der Waals surface area contributed by atoms with Gasteiger partial charge in [0.15, 0.2) is 23.9 Å². The van der Waals surface area contributed by atoms with Gasteiger partial charge in [0, 0.05) is 0 Å². The second-order valence-electron chi connectivity index (χ2n) is 6.83. The number of hydrogen-bond donors (Lipinski definition) is 1. The number of nitriles is 1. The predicted molar refractivity (Wildman–Crippen MR) is 121 cm³/mol. The van der Waals surface area contributed by atoms with Gasteiger partial charge in [-0.05, 0) is 43.7 Å². The minimum absolute atomic E-state index is 0.183. The van der Waals surface area contributed by atoms with Crippen LogP contribution in [0.3, 0.4) is 0 Å². The average molecular weight is 448 g/mol. The third kappa shape index (κ3) is 5.89. The van der Waals surface area contributed by atoms with Crippen LogP contribution in [0, 0.1) is 11.3 Å². The molecular weight excluding hydrogens is 424 g/mol. The Balaban J connectivity index is 1.67. The van der Waals surface area contributed by atoms with Crippen molar-refractivity contribution in [3.8, 4) is 23.3 Å². The Morgan fingerprint density at radius 1 is 1.09 bits per heavy atom. The molecule has 0 fully saturated rings. The zero-order valence-electron chi connectivity index (χ0n) is 18.4. The second-order valence-corrected chi connectivity index (χ2v) is 6.83. The van der Waals surface area contributed by atoms with Crippen molar-refractivity contribution in [3.05, 3.63) is 65.9 Å². The first-order valence-corrected chi connectivity index (χ1v) is 10.5. The molecule has 3 rings (SSSR count). The van der Waals surface area contributed by atoms with Crippen LogP contribution in [0.5, 0.6) is 11.5 Å². The minimum atomic E-state index is -0.690. The van der Waals surface area contributed by atoms with E-state index in [-0.39, 0.29) is 16.9 Å². The van der Waals surface area contributed by atoms with Gasteiger partial charge in [0.2, 0.25) is 0 Å². The molecule has 0 atom stereocenters. The topological polar surface area (TPSA) is 115 Å². The van der Waals surface area contributed by atoms with E-state index in [1.165, 1.54) is 16.9 Å². The maximum atomic E-state index is 12.5. The molecule has 0 aliphatic heterocycles. The van der Waals surface area contributed by atoms with E-state index in [1.54, 1.807) is 24.3 Å². The number of esters is 1. The fourth-order valence-corrected chi connectivity index (χ4v) is 2.93. The molecule has 0 aliphatic rings. The number of para-hydroxylation sites is 1. The molecule has 0 bridgehead atoms. The van der Waals surface area contributed by atoms with E-state index < -0.39 is 18.5 Å². The van der Waals surface area contributed by atoms with Gasteiger partial charge in [-0.1, -0.05) is 25.1 Å². The number of hydrogen-bond acceptors (Lipinski definition) is 7. The highest BCUT2D eigenvalue weighted by Crippen LogP contribution is 2.29. The molecule has 2 aromatic carbocycles. The lowest BCUT2D eigenvalue weighted by molar-refractivity contribution is -0.119. The van der Waals surface area contributed by atoms with E-state index in [0.717, 1.165) is 6.42 Å². The Morgan fingerprint density at radius 2 is 1.88 bits per heavy atom. The Labute approximate surface area is 191 Å². The van der Waals surface area contributed by atoms with Gasteiger partial charge in [-0.2, -0.15) is 10.4 Å². The summed E-state index contributed by atoms with van der Waals surface area (Å²) < 4.78 is 17.8. The number of amides is 1. The van der Waals surface area contributed by atoms with E-state index in [9.17, 15) is 14.9 Å². The van der Waals surface area contributed by atoms with Gasteiger partial charge in [0.05, 0.1) is 30.7 Å². The van der Waals surface area contributed by atoms with E-state index in [0.29, 0.717) is 30.4 Å². The molecule has 0 unspecified atom stereocenters. The van der Waals surface area contributed by atoms with Crippen molar-refractivity contribution >= 4 is 17.7 Å². The van der Waals surface area contributed by atoms with Gasteiger partial charge < -0.3 is 19.5 Å². The molecule has 0 radical (unpaired) electrons. The van der Waals surface area contributed by atoms with Crippen LogP contribution in [0.2, 0.25) is 0 Å². The number of aromatic nitrogens is 2. The van der Waals surface area contributed by atoms with Crippen LogP contribution in [0.1, 0.15) is 36.2 Å². The molecule has 1 aromatic heterocycles. The fraction of sp³-hybridized carbons (Fsp3) is 0.250. The summed E-state index contributed by atoms with van der Waals surface area (Å²) in [6.45, 7) is 4.20. The number of ether oxygens (including phenoxy) is 3. The highest BCUT2D eigenvalue weighted by Gasteiger charge is 2.18. The van der Waals surface area contributed by atoms with Gasteiger partial charge in [0.25, 0.3) is 5.91 Å². The monoisotopic (exact) mass is 448 g/mol. The van der Waals surface area contributed by atoms with Gasteiger partial charge >= 0.3 is 5.97 Å². The number of nitrogens with one attached hydrogen (secondary N) is 1. The van der Waals surface area contributed by atoms with Crippen molar-refractivity contribution in [1.29, 1.82) is 5.26 Å². The first-order chi connectivity index (χ1) is 16.1. The summed E-state index contributed by atoms with van der Waals surface area (Å²) in [5.41, 5.74) is 1.07. The molecule has 0 saturated heterocycles. The summed E-state index contributed by atoms with van der Waals surface area (Å²) in [6.07, 6.45) is 2.19. The average Bonchev–Trinajstić information content (AvgIpc) is 3.24. The molecule has 170 valence electrons. The molecule has 3 aromatic rings. The molecule has 1 N–H and O–H groups in total. The van der Waals surface area contributed by atoms with E-state index in [2.05, 4.69) is 10.4 Å². The van der Waals surface area contributed by atoms with Crippen LogP contribution in [0.15, 0.2) is 54.7 Å². The Morgan fingerprint density at radius 3 is 2.58 bits per heavy atom. The SMILES string of the molecule is CCCOc1ccc(C(=O)OCC(=O)Nc2c(C#N)cnn2-c2ccccc2)cc1OCC. The fourth-order valence-electron chi connectivity index (χ4n) is 2.93. The van der Waals surface area contributed by atoms with Crippen LogP contribution in [0.4, 0.5) is 5.82 Å². The number of benzene rings is 2. The Hall–Kier alpha value is -4.32. The van der Waals surface area contributed by atoms with Gasteiger partial charge in [-0.3, -0.25) is 4.79 Å². The lowest BCUT2D eigenvalue weighted by atomic mass is 10.2. The maximum absolute atomic E-state index is 12.5. The summed E-state index contributed by atoms with van der Waals surface area (Å²) >= 11 is 0. The summed E-state index contributed by atoms with van der Waals surface area (Å²) in [6, 6.07) is 15.7. The number of rotatable bonds is 10. The first kappa shape index (κ1) is 23.3.